The van der Waals surface area contributed by atoms with Gasteiger partial charge in [-0.25, -0.2) is 0 Å². The molecule has 2 aromatic rings. The number of rotatable bonds is 5. The van der Waals surface area contributed by atoms with Gasteiger partial charge in [-0.15, -0.1) is 21.5 Å². The summed E-state index contributed by atoms with van der Waals surface area (Å²) in [6.45, 7) is 5.95. The summed E-state index contributed by atoms with van der Waals surface area (Å²) in [5.74, 6) is -0.224. The number of halogens is 1. The van der Waals surface area contributed by atoms with Crippen LogP contribution in [-0.2, 0) is 4.79 Å². The van der Waals surface area contributed by atoms with Gasteiger partial charge in [-0.05, 0) is 31.7 Å². The number of aryl methyl sites for hydroxylation is 1. The van der Waals surface area contributed by atoms with E-state index in [1.54, 1.807) is 0 Å². The van der Waals surface area contributed by atoms with E-state index in [1.807, 2.05) is 30.7 Å². The van der Waals surface area contributed by atoms with Crippen molar-refractivity contribution < 1.29 is 9.90 Å². The van der Waals surface area contributed by atoms with E-state index in [9.17, 15) is 4.79 Å². The number of thioether (sulfide) groups is 1. The summed E-state index contributed by atoms with van der Waals surface area (Å²) >= 11 is 8.97. The number of aliphatic carboxylic acids is 1. The maximum atomic E-state index is 10.7. The van der Waals surface area contributed by atoms with E-state index in [1.165, 1.54) is 11.3 Å². The minimum atomic E-state index is -0.875. The van der Waals surface area contributed by atoms with Crippen LogP contribution in [-0.4, -0.2) is 31.6 Å². The Balaban J connectivity index is 2.44. The van der Waals surface area contributed by atoms with Crippen LogP contribution >= 0.6 is 34.7 Å². The van der Waals surface area contributed by atoms with Gasteiger partial charge in [0.2, 0.25) is 0 Å². The van der Waals surface area contributed by atoms with Gasteiger partial charge in [0.15, 0.2) is 11.0 Å². The Morgan fingerprint density at radius 3 is 2.75 bits per heavy atom. The first-order chi connectivity index (χ1) is 9.41. The van der Waals surface area contributed by atoms with E-state index in [-0.39, 0.29) is 11.8 Å². The van der Waals surface area contributed by atoms with Crippen molar-refractivity contribution in [2.75, 3.05) is 5.75 Å². The maximum absolute atomic E-state index is 10.7. The fraction of sp³-hybridized carbons (Fsp3) is 0.417. The Labute approximate surface area is 130 Å². The molecule has 8 heteroatoms. The van der Waals surface area contributed by atoms with Gasteiger partial charge >= 0.3 is 5.97 Å². The molecule has 0 unspecified atom stereocenters. The molecule has 2 heterocycles. The lowest BCUT2D eigenvalue weighted by Crippen LogP contribution is -2.06. The van der Waals surface area contributed by atoms with Crippen LogP contribution in [0.2, 0.25) is 5.02 Å². The maximum Gasteiger partial charge on any atom is 0.313 e. The van der Waals surface area contributed by atoms with E-state index >= 15 is 0 Å². The smallest absolute Gasteiger partial charge is 0.313 e. The van der Waals surface area contributed by atoms with Crippen molar-refractivity contribution >= 4 is 40.7 Å². The predicted octanol–water partition coefficient (Wildman–Crippen LogP) is 3.73. The van der Waals surface area contributed by atoms with E-state index in [2.05, 4.69) is 10.2 Å². The minimum Gasteiger partial charge on any atom is -0.481 e. The van der Waals surface area contributed by atoms with Gasteiger partial charge < -0.3 is 5.11 Å². The van der Waals surface area contributed by atoms with Crippen LogP contribution in [0.4, 0.5) is 0 Å². The molecule has 0 spiro atoms. The average Bonchev–Trinajstić information content (AvgIpc) is 2.92. The Bertz CT molecular complexity index is 637. The first-order valence-electron chi connectivity index (χ1n) is 5.95. The van der Waals surface area contributed by atoms with Gasteiger partial charge in [0.05, 0.1) is 15.7 Å². The number of hydrogen-bond acceptors (Lipinski definition) is 5. The standard InChI is InChI=1S/C12H14ClN3O2S2/c1-6(2)16-11(10-9(13)7(3)4-19-10)14-15-12(16)20-5-8(17)18/h4,6H,5H2,1-3H3,(H,17,18). The first kappa shape index (κ1) is 15.3. The van der Waals surface area contributed by atoms with Gasteiger partial charge in [-0.3, -0.25) is 9.36 Å². The second kappa shape index (κ2) is 6.15. The molecule has 2 rings (SSSR count). The number of hydrogen-bond donors (Lipinski definition) is 1. The molecule has 5 nitrogen and oxygen atoms in total. The molecule has 2 aromatic heterocycles. The van der Waals surface area contributed by atoms with Crippen LogP contribution in [0.15, 0.2) is 10.5 Å². The summed E-state index contributed by atoms with van der Waals surface area (Å²) in [7, 11) is 0. The van der Waals surface area contributed by atoms with Crippen molar-refractivity contribution in [3.05, 3.63) is 16.0 Å². The number of nitrogens with zero attached hydrogens (tertiary/aromatic N) is 3. The second-order valence-corrected chi connectivity index (χ2v) is 6.71. The molecule has 0 aliphatic heterocycles. The summed E-state index contributed by atoms with van der Waals surface area (Å²) in [5.41, 5.74) is 1.00. The molecule has 20 heavy (non-hydrogen) atoms. The Morgan fingerprint density at radius 2 is 2.25 bits per heavy atom. The summed E-state index contributed by atoms with van der Waals surface area (Å²) in [6, 6.07) is 0.120. The Hall–Kier alpha value is -1.05. The quantitative estimate of drug-likeness (QED) is 0.845. The highest BCUT2D eigenvalue weighted by Gasteiger charge is 2.21. The van der Waals surface area contributed by atoms with Gasteiger partial charge in [-0.1, -0.05) is 23.4 Å². The minimum absolute atomic E-state index is 0.0396. The number of carboxylic acid groups (broad SMARTS) is 1. The Morgan fingerprint density at radius 1 is 1.55 bits per heavy atom. The molecule has 0 aliphatic rings. The first-order valence-corrected chi connectivity index (χ1v) is 8.19. The number of carboxylic acids is 1. The third kappa shape index (κ3) is 2.99. The van der Waals surface area contributed by atoms with Crippen molar-refractivity contribution in [3.63, 3.8) is 0 Å². The fourth-order valence-electron chi connectivity index (χ4n) is 1.70. The Kier molecular flexibility index (Phi) is 4.72. The zero-order valence-corrected chi connectivity index (χ0v) is 13.6. The molecule has 0 amide bonds. The molecule has 0 aromatic carbocycles. The van der Waals surface area contributed by atoms with Crippen LogP contribution < -0.4 is 0 Å². The van der Waals surface area contributed by atoms with E-state index in [4.69, 9.17) is 16.7 Å². The van der Waals surface area contributed by atoms with Crippen LogP contribution in [0, 0.1) is 6.92 Å². The lowest BCUT2D eigenvalue weighted by molar-refractivity contribution is -0.133. The zero-order chi connectivity index (χ0) is 14.9. The van der Waals surface area contributed by atoms with E-state index < -0.39 is 5.97 Å². The van der Waals surface area contributed by atoms with Crippen molar-refractivity contribution in [2.45, 2.75) is 32.0 Å². The molecular weight excluding hydrogens is 318 g/mol. The number of carbonyl (C=O) groups is 1. The van der Waals surface area contributed by atoms with Crippen molar-refractivity contribution in [1.29, 1.82) is 0 Å². The summed E-state index contributed by atoms with van der Waals surface area (Å²) in [6.07, 6.45) is 0. The molecule has 0 saturated heterocycles. The molecule has 0 radical (unpaired) electrons. The largest absolute Gasteiger partial charge is 0.481 e. The molecule has 0 atom stereocenters. The molecule has 0 bridgehead atoms. The number of thiophene rings is 1. The van der Waals surface area contributed by atoms with Gasteiger partial charge in [0.1, 0.15) is 0 Å². The SMILES string of the molecule is Cc1csc(-c2nnc(SCC(=O)O)n2C(C)C)c1Cl. The van der Waals surface area contributed by atoms with E-state index in [0.717, 1.165) is 22.2 Å². The van der Waals surface area contributed by atoms with Crippen LogP contribution in [0.3, 0.4) is 0 Å². The third-order valence-corrected chi connectivity index (χ3v) is 5.23. The molecule has 1 N–H and O–H groups in total. The third-order valence-electron chi connectivity index (χ3n) is 2.61. The lowest BCUT2D eigenvalue weighted by Gasteiger charge is -2.12. The van der Waals surface area contributed by atoms with Gasteiger partial charge in [0, 0.05) is 6.04 Å². The normalized spacial score (nSPS) is 11.2. The second-order valence-electron chi connectivity index (χ2n) is 4.51. The lowest BCUT2D eigenvalue weighted by atomic mass is 10.3. The summed E-state index contributed by atoms with van der Waals surface area (Å²) < 4.78 is 1.92. The summed E-state index contributed by atoms with van der Waals surface area (Å²) in [5, 5.41) is 20.3. The van der Waals surface area contributed by atoms with Crippen molar-refractivity contribution in [3.8, 4) is 10.7 Å². The molecule has 108 valence electrons. The number of aromatic nitrogens is 3. The summed E-state index contributed by atoms with van der Waals surface area (Å²) in [4.78, 5) is 11.6. The highest BCUT2D eigenvalue weighted by molar-refractivity contribution is 7.99. The molecule has 0 aliphatic carbocycles. The average molecular weight is 332 g/mol. The molecule has 0 saturated carbocycles. The predicted molar refractivity (Wildman–Crippen MR) is 81.8 cm³/mol. The van der Waals surface area contributed by atoms with Gasteiger partial charge in [0.25, 0.3) is 0 Å². The van der Waals surface area contributed by atoms with E-state index in [0.29, 0.717) is 16.0 Å². The highest BCUT2D eigenvalue weighted by Crippen LogP contribution is 2.37. The van der Waals surface area contributed by atoms with Crippen molar-refractivity contribution in [1.82, 2.24) is 14.8 Å². The molecule has 0 fully saturated rings. The van der Waals surface area contributed by atoms with Gasteiger partial charge in [-0.2, -0.15) is 0 Å². The van der Waals surface area contributed by atoms with Crippen LogP contribution in [0.1, 0.15) is 25.5 Å². The van der Waals surface area contributed by atoms with Crippen LogP contribution in [0.5, 0.6) is 0 Å². The van der Waals surface area contributed by atoms with Crippen LogP contribution in [0.25, 0.3) is 10.7 Å². The highest BCUT2D eigenvalue weighted by atomic mass is 35.5. The fourth-order valence-corrected chi connectivity index (χ4v) is 3.75. The topological polar surface area (TPSA) is 68.0 Å². The van der Waals surface area contributed by atoms with Crippen molar-refractivity contribution in [2.24, 2.45) is 0 Å². The monoisotopic (exact) mass is 331 g/mol. The zero-order valence-electron chi connectivity index (χ0n) is 11.3. The molecular formula is C12H14ClN3O2S2.